The summed E-state index contributed by atoms with van der Waals surface area (Å²) in [5, 5.41) is 10.9. The van der Waals surface area contributed by atoms with Gasteiger partial charge < -0.3 is 9.84 Å². The molecule has 21 heavy (non-hydrogen) atoms. The van der Waals surface area contributed by atoms with Crippen LogP contribution in [0.15, 0.2) is 53.9 Å². The number of ether oxygens (including phenoxy) is 1. The van der Waals surface area contributed by atoms with Crippen molar-refractivity contribution < 1.29 is 19.4 Å². The molecule has 108 valence electrons. The van der Waals surface area contributed by atoms with Crippen LogP contribution in [0.25, 0.3) is 5.57 Å². The van der Waals surface area contributed by atoms with Gasteiger partial charge in [0.2, 0.25) is 0 Å². The highest BCUT2D eigenvalue weighted by molar-refractivity contribution is 7.11. The number of carboxylic acid groups (broad SMARTS) is 1. The maximum Gasteiger partial charge on any atom is 0.336 e. The summed E-state index contributed by atoms with van der Waals surface area (Å²) in [6.45, 7) is 0.189. The predicted octanol–water partition coefficient (Wildman–Crippen LogP) is 3.35. The quantitative estimate of drug-likeness (QED) is 0.656. The van der Waals surface area contributed by atoms with Gasteiger partial charge in [-0.05, 0) is 17.0 Å². The summed E-state index contributed by atoms with van der Waals surface area (Å²) in [6, 6.07) is 12.8. The molecule has 2 rings (SSSR count). The first-order valence-corrected chi connectivity index (χ1v) is 7.21. The number of carboxylic acids is 1. The van der Waals surface area contributed by atoms with Crippen molar-refractivity contribution >= 4 is 28.8 Å². The zero-order valence-electron chi connectivity index (χ0n) is 11.2. The highest BCUT2D eigenvalue weighted by Gasteiger charge is 2.12. The molecule has 0 aliphatic heterocycles. The summed E-state index contributed by atoms with van der Waals surface area (Å²) in [5.41, 5.74) is 1.02. The second kappa shape index (κ2) is 7.40. The first-order valence-electron chi connectivity index (χ1n) is 6.33. The van der Waals surface area contributed by atoms with Crippen molar-refractivity contribution in [1.29, 1.82) is 0 Å². The number of rotatable bonds is 6. The second-order valence-corrected chi connectivity index (χ2v) is 5.20. The van der Waals surface area contributed by atoms with Gasteiger partial charge in [0.1, 0.15) is 6.61 Å². The molecule has 2 aromatic rings. The van der Waals surface area contributed by atoms with Crippen LogP contribution in [0.1, 0.15) is 16.9 Å². The summed E-state index contributed by atoms with van der Waals surface area (Å²) in [7, 11) is 0. The Morgan fingerprint density at radius 2 is 1.90 bits per heavy atom. The molecular formula is C16H14O4S. The van der Waals surface area contributed by atoms with E-state index in [4.69, 9.17) is 9.84 Å². The zero-order valence-corrected chi connectivity index (χ0v) is 12.0. The van der Waals surface area contributed by atoms with Gasteiger partial charge in [-0.3, -0.25) is 4.79 Å². The molecule has 0 saturated carbocycles. The van der Waals surface area contributed by atoms with E-state index in [-0.39, 0.29) is 18.6 Å². The van der Waals surface area contributed by atoms with Crippen LogP contribution >= 0.6 is 11.3 Å². The van der Waals surface area contributed by atoms with Crippen molar-refractivity contribution in [3.05, 3.63) is 64.4 Å². The van der Waals surface area contributed by atoms with Crippen molar-refractivity contribution in [1.82, 2.24) is 0 Å². The van der Waals surface area contributed by atoms with Gasteiger partial charge in [-0.1, -0.05) is 42.5 Å². The van der Waals surface area contributed by atoms with E-state index in [0.29, 0.717) is 4.88 Å². The first kappa shape index (κ1) is 15.0. The average Bonchev–Trinajstić information content (AvgIpc) is 3.00. The molecule has 0 bridgehead atoms. The number of aliphatic carboxylic acids is 1. The highest BCUT2D eigenvalue weighted by Crippen LogP contribution is 2.21. The highest BCUT2D eigenvalue weighted by atomic mass is 32.1. The second-order valence-electron chi connectivity index (χ2n) is 4.25. The lowest BCUT2D eigenvalue weighted by atomic mass is 10.2. The SMILES string of the molecule is O=C(C/C=C(/C(=O)O)c1cccs1)OCc1ccccc1. The van der Waals surface area contributed by atoms with Gasteiger partial charge in [0.15, 0.2) is 0 Å². The number of carbonyl (C=O) groups is 2. The maximum absolute atomic E-state index is 11.7. The number of hydrogen-bond donors (Lipinski definition) is 1. The number of hydrogen-bond acceptors (Lipinski definition) is 4. The van der Waals surface area contributed by atoms with Crippen molar-refractivity contribution in [3.63, 3.8) is 0 Å². The molecule has 0 atom stereocenters. The van der Waals surface area contributed by atoms with Gasteiger partial charge in [-0.25, -0.2) is 4.79 Å². The third-order valence-electron chi connectivity index (χ3n) is 2.73. The molecule has 1 heterocycles. The first-order chi connectivity index (χ1) is 10.2. The Balaban J connectivity index is 1.92. The van der Waals surface area contributed by atoms with E-state index < -0.39 is 11.9 Å². The molecule has 0 spiro atoms. The molecule has 1 aromatic heterocycles. The number of esters is 1. The van der Waals surface area contributed by atoms with Gasteiger partial charge in [0, 0.05) is 4.88 Å². The molecule has 0 aliphatic rings. The number of benzene rings is 1. The molecule has 0 saturated heterocycles. The number of thiophene rings is 1. The summed E-state index contributed by atoms with van der Waals surface area (Å²) in [6.07, 6.45) is 1.33. The molecule has 1 N–H and O–H groups in total. The van der Waals surface area contributed by atoms with Gasteiger partial charge in [0.05, 0.1) is 12.0 Å². The van der Waals surface area contributed by atoms with Gasteiger partial charge in [-0.15, -0.1) is 11.3 Å². The molecule has 0 unspecified atom stereocenters. The summed E-state index contributed by atoms with van der Waals surface area (Å²) >= 11 is 1.32. The molecule has 0 amide bonds. The molecule has 0 fully saturated rings. The van der Waals surface area contributed by atoms with E-state index in [0.717, 1.165) is 5.56 Å². The Labute approximate surface area is 126 Å². The Morgan fingerprint density at radius 3 is 2.52 bits per heavy atom. The fourth-order valence-corrected chi connectivity index (χ4v) is 2.47. The van der Waals surface area contributed by atoms with Gasteiger partial charge >= 0.3 is 11.9 Å². The Bertz CT molecular complexity index is 630. The van der Waals surface area contributed by atoms with Gasteiger partial charge in [0.25, 0.3) is 0 Å². The summed E-state index contributed by atoms with van der Waals surface area (Å²) in [4.78, 5) is 23.5. The van der Waals surface area contributed by atoms with Crippen molar-refractivity contribution in [2.45, 2.75) is 13.0 Å². The lowest BCUT2D eigenvalue weighted by Gasteiger charge is -2.04. The van der Waals surface area contributed by atoms with Crippen LogP contribution in [0.3, 0.4) is 0 Å². The lowest BCUT2D eigenvalue weighted by molar-refractivity contribution is -0.143. The van der Waals surface area contributed by atoms with Crippen LogP contribution in [0.5, 0.6) is 0 Å². The molecular weight excluding hydrogens is 288 g/mol. The fourth-order valence-electron chi connectivity index (χ4n) is 1.71. The van der Waals surface area contributed by atoms with E-state index in [1.807, 2.05) is 30.3 Å². The van der Waals surface area contributed by atoms with Crippen molar-refractivity contribution in [3.8, 4) is 0 Å². The van der Waals surface area contributed by atoms with E-state index in [1.54, 1.807) is 17.5 Å². The monoisotopic (exact) mass is 302 g/mol. The van der Waals surface area contributed by atoms with E-state index in [9.17, 15) is 9.59 Å². The van der Waals surface area contributed by atoms with Crippen LogP contribution in [0.2, 0.25) is 0 Å². The zero-order chi connectivity index (χ0) is 15.1. The molecule has 0 aliphatic carbocycles. The smallest absolute Gasteiger partial charge is 0.336 e. The van der Waals surface area contributed by atoms with E-state index in [1.165, 1.54) is 17.4 Å². The predicted molar refractivity (Wildman–Crippen MR) is 80.8 cm³/mol. The summed E-state index contributed by atoms with van der Waals surface area (Å²) < 4.78 is 5.10. The minimum absolute atomic E-state index is 0.0631. The number of carbonyl (C=O) groups excluding carboxylic acids is 1. The van der Waals surface area contributed by atoms with E-state index >= 15 is 0 Å². The Hall–Kier alpha value is -2.40. The Kier molecular flexibility index (Phi) is 5.29. The third-order valence-corrected chi connectivity index (χ3v) is 3.64. The molecule has 0 radical (unpaired) electrons. The van der Waals surface area contributed by atoms with Crippen LogP contribution in [-0.4, -0.2) is 17.0 Å². The maximum atomic E-state index is 11.7. The fraction of sp³-hybridized carbons (Fsp3) is 0.125. The average molecular weight is 302 g/mol. The lowest BCUT2D eigenvalue weighted by Crippen LogP contribution is -2.05. The molecule has 4 nitrogen and oxygen atoms in total. The van der Waals surface area contributed by atoms with Crippen molar-refractivity contribution in [2.75, 3.05) is 0 Å². The van der Waals surface area contributed by atoms with Crippen LogP contribution in [-0.2, 0) is 20.9 Å². The standard InChI is InChI=1S/C16H14O4S/c17-15(20-11-12-5-2-1-3-6-12)9-8-13(16(18)19)14-7-4-10-21-14/h1-8,10H,9,11H2,(H,18,19)/b13-8+. The van der Waals surface area contributed by atoms with Crippen LogP contribution < -0.4 is 0 Å². The summed E-state index contributed by atoms with van der Waals surface area (Å²) in [5.74, 6) is -1.50. The minimum Gasteiger partial charge on any atom is -0.478 e. The Morgan fingerprint density at radius 1 is 1.14 bits per heavy atom. The molecule has 5 heteroatoms. The molecule has 1 aromatic carbocycles. The minimum atomic E-state index is -1.05. The van der Waals surface area contributed by atoms with Crippen molar-refractivity contribution in [2.24, 2.45) is 0 Å². The van der Waals surface area contributed by atoms with E-state index in [2.05, 4.69) is 0 Å². The van der Waals surface area contributed by atoms with Gasteiger partial charge in [-0.2, -0.15) is 0 Å². The third kappa shape index (κ3) is 4.57. The normalized spacial score (nSPS) is 11.1. The largest absolute Gasteiger partial charge is 0.478 e. The van der Waals surface area contributed by atoms with Crippen LogP contribution in [0.4, 0.5) is 0 Å². The van der Waals surface area contributed by atoms with Crippen LogP contribution in [0, 0.1) is 0 Å². The topological polar surface area (TPSA) is 63.6 Å².